The van der Waals surface area contributed by atoms with E-state index in [1.165, 1.54) is 11.1 Å². The molecule has 1 aliphatic carbocycles. The lowest BCUT2D eigenvalue weighted by atomic mass is 9.91. The van der Waals surface area contributed by atoms with Crippen LogP contribution in [0.25, 0.3) is 0 Å². The Morgan fingerprint density at radius 1 is 0.824 bits per heavy atom. The lowest BCUT2D eigenvalue weighted by Crippen LogP contribution is -2.23. The fourth-order valence-electron chi connectivity index (χ4n) is 3.79. The van der Waals surface area contributed by atoms with E-state index in [1.54, 1.807) is 18.2 Å². The maximum Gasteiger partial charge on any atom is 0.343 e. The number of ether oxygens (including phenoxy) is 2. The van der Waals surface area contributed by atoms with Crippen LogP contribution < -0.4 is 9.47 Å². The summed E-state index contributed by atoms with van der Waals surface area (Å²) in [5.74, 6) is -0.376. The number of carbonyl (C=O) groups excluding carboxylic acids is 2. The summed E-state index contributed by atoms with van der Waals surface area (Å²) < 4.78 is 11.1. The molecule has 0 spiro atoms. The molecule has 34 heavy (non-hydrogen) atoms. The van der Waals surface area contributed by atoms with Gasteiger partial charge in [0.25, 0.3) is 0 Å². The van der Waals surface area contributed by atoms with Crippen LogP contribution in [0.4, 0.5) is 0 Å². The molecule has 0 N–H and O–H groups in total. The third kappa shape index (κ3) is 7.05. The smallest absolute Gasteiger partial charge is 0.343 e. The molecule has 1 unspecified atom stereocenters. The Balaban J connectivity index is 1.60. The zero-order valence-electron chi connectivity index (χ0n) is 20.4. The average Bonchev–Trinajstić information content (AvgIpc) is 2.87. The maximum atomic E-state index is 12.8. The summed E-state index contributed by atoms with van der Waals surface area (Å²) in [6.07, 6.45) is 13.4. The van der Waals surface area contributed by atoms with E-state index < -0.39 is 11.9 Å². The van der Waals surface area contributed by atoms with Crippen LogP contribution in [-0.2, 0) is 22.4 Å². The van der Waals surface area contributed by atoms with Crippen LogP contribution in [0.5, 0.6) is 11.5 Å². The molecule has 3 rings (SSSR count). The predicted octanol–water partition coefficient (Wildman–Crippen LogP) is 6.94. The van der Waals surface area contributed by atoms with Crippen molar-refractivity contribution in [2.75, 3.05) is 0 Å². The van der Waals surface area contributed by atoms with Gasteiger partial charge in [0.05, 0.1) is 5.57 Å². The average molecular weight is 459 g/mol. The monoisotopic (exact) mass is 458 g/mol. The van der Waals surface area contributed by atoms with Crippen molar-refractivity contribution in [3.63, 3.8) is 0 Å². The Bertz CT molecular complexity index is 1060. The van der Waals surface area contributed by atoms with Crippen molar-refractivity contribution in [3.05, 3.63) is 95.1 Å². The first kappa shape index (κ1) is 25.2. The van der Waals surface area contributed by atoms with Crippen LogP contribution >= 0.6 is 0 Å². The largest absolute Gasteiger partial charge is 0.426 e. The number of carbonyl (C=O) groups is 2. The van der Waals surface area contributed by atoms with Gasteiger partial charge in [-0.1, -0.05) is 69.2 Å². The fourth-order valence-corrected chi connectivity index (χ4v) is 3.79. The molecule has 0 amide bonds. The van der Waals surface area contributed by atoms with E-state index in [0.717, 1.165) is 38.5 Å². The van der Waals surface area contributed by atoms with Gasteiger partial charge in [-0.15, -0.1) is 0 Å². The standard InChI is InChI=1S/C30H34O4/c1-4-7-9-22-11-16-26(17-12-22)33-29(31)25-15-20-28(24(6-3)21-25)30(32)34-27-18-13-23(14-19-27)10-8-5-2/h6,11-21,28H,4-5,7-10H2,1-3H3. The number of esters is 2. The molecule has 0 bridgehead atoms. The molecule has 4 heteroatoms. The molecule has 178 valence electrons. The predicted molar refractivity (Wildman–Crippen MR) is 136 cm³/mol. The van der Waals surface area contributed by atoms with Gasteiger partial charge in [0.1, 0.15) is 17.4 Å². The summed E-state index contributed by atoms with van der Waals surface area (Å²) in [4.78, 5) is 25.5. The molecule has 0 aliphatic heterocycles. The number of unbranched alkanes of at least 4 members (excludes halogenated alkanes) is 2. The van der Waals surface area contributed by atoms with Crippen molar-refractivity contribution in [2.24, 2.45) is 5.92 Å². The number of benzene rings is 2. The second kappa shape index (κ2) is 12.7. The minimum absolute atomic E-state index is 0.378. The molecular weight excluding hydrogens is 424 g/mol. The van der Waals surface area contributed by atoms with Crippen LogP contribution in [0, 0.1) is 5.92 Å². The molecular formula is C30H34O4. The molecule has 4 nitrogen and oxygen atoms in total. The summed E-state index contributed by atoms with van der Waals surface area (Å²) >= 11 is 0. The second-order valence-corrected chi connectivity index (χ2v) is 8.53. The van der Waals surface area contributed by atoms with E-state index in [0.29, 0.717) is 22.6 Å². The first-order chi connectivity index (χ1) is 16.5. The van der Waals surface area contributed by atoms with Crippen molar-refractivity contribution in [3.8, 4) is 11.5 Å². The first-order valence-electron chi connectivity index (χ1n) is 12.2. The number of hydrogen-bond acceptors (Lipinski definition) is 4. The van der Waals surface area contributed by atoms with Crippen LogP contribution in [0.2, 0.25) is 0 Å². The van der Waals surface area contributed by atoms with E-state index in [-0.39, 0.29) is 5.97 Å². The van der Waals surface area contributed by atoms with Gasteiger partial charge in [-0.2, -0.15) is 0 Å². The Morgan fingerprint density at radius 3 is 1.85 bits per heavy atom. The lowest BCUT2D eigenvalue weighted by Gasteiger charge is -2.18. The highest BCUT2D eigenvalue weighted by molar-refractivity contribution is 5.95. The number of hydrogen-bond donors (Lipinski definition) is 0. The normalized spacial score (nSPS) is 16.3. The van der Waals surface area contributed by atoms with E-state index >= 15 is 0 Å². The fraction of sp³-hybridized carbons (Fsp3) is 0.333. The van der Waals surface area contributed by atoms with Crippen molar-refractivity contribution < 1.29 is 19.1 Å². The van der Waals surface area contributed by atoms with Crippen molar-refractivity contribution >= 4 is 11.9 Å². The number of rotatable bonds is 10. The minimum Gasteiger partial charge on any atom is -0.426 e. The Hall–Kier alpha value is -3.40. The molecule has 1 aliphatic rings. The van der Waals surface area contributed by atoms with Crippen LogP contribution in [0.3, 0.4) is 0 Å². The summed E-state index contributed by atoms with van der Waals surface area (Å²) in [7, 11) is 0. The molecule has 2 aromatic rings. The Labute approximate surface area is 203 Å². The molecule has 0 fully saturated rings. The minimum atomic E-state index is -0.570. The quantitative estimate of drug-likeness (QED) is 0.286. The Morgan fingerprint density at radius 2 is 1.35 bits per heavy atom. The first-order valence-corrected chi connectivity index (χ1v) is 12.2. The van der Waals surface area contributed by atoms with Crippen LogP contribution in [0.1, 0.15) is 57.6 Å². The van der Waals surface area contributed by atoms with Crippen LogP contribution in [0.15, 0.2) is 84.0 Å². The molecule has 0 saturated heterocycles. The number of aryl methyl sites for hydroxylation is 2. The van der Waals surface area contributed by atoms with E-state index in [9.17, 15) is 9.59 Å². The highest BCUT2D eigenvalue weighted by Gasteiger charge is 2.26. The van der Waals surface area contributed by atoms with Gasteiger partial charge in [-0.25, -0.2) is 4.79 Å². The zero-order valence-corrected chi connectivity index (χ0v) is 20.4. The lowest BCUT2D eigenvalue weighted by molar-refractivity contribution is -0.136. The van der Waals surface area contributed by atoms with Gasteiger partial charge >= 0.3 is 11.9 Å². The third-order valence-electron chi connectivity index (χ3n) is 5.89. The van der Waals surface area contributed by atoms with Gasteiger partial charge in [0.15, 0.2) is 0 Å². The molecule has 0 aromatic heterocycles. The molecule has 2 aromatic carbocycles. The third-order valence-corrected chi connectivity index (χ3v) is 5.89. The summed E-state index contributed by atoms with van der Waals surface area (Å²) in [5, 5.41) is 0. The van der Waals surface area contributed by atoms with Crippen LogP contribution in [-0.4, -0.2) is 11.9 Å². The van der Waals surface area contributed by atoms with Gasteiger partial charge < -0.3 is 9.47 Å². The molecule has 0 radical (unpaired) electrons. The van der Waals surface area contributed by atoms with Gasteiger partial charge in [0.2, 0.25) is 0 Å². The van der Waals surface area contributed by atoms with Gasteiger partial charge in [0, 0.05) is 0 Å². The van der Waals surface area contributed by atoms with Gasteiger partial charge in [-0.05, 0) is 79.6 Å². The summed E-state index contributed by atoms with van der Waals surface area (Å²) in [6, 6.07) is 15.3. The van der Waals surface area contributed by atoms with Crippen molar-refractivity contribution in [2.45, 2.75) is 59.3 Å². The van der Waals surface area contributed by atoms with E-state index in [4.69, 9.17) is 9.47 Å². The van der Waals surface area contributed by atoms with E-state index in [1.807, 2.05) is 61.5 Å². The highest BCUT2D eigenvalue weighted by atomic mass is 16.5. The van der Waals surface area contributed by atoms with Gasteiger partial charge in [-0.3, -0.25) is 4.79 Å². The maximum absolute atomic E-state index is 12.8. The Kier molecular flexibility index (Phi) is 9.45. The highest BCUT2D eigenvalue weighted by Crippen LogP contribution is 2.26. The molecule has 0 heterocycles. The molecule has 1 atom stereocenters. The van der Waals surface area contributed by atoms with E-state index in [2.05, 4.69) is 13.8 Å². The summed E-state index contributed by atoms with van der Waals surface area (Å²) in [6.45, 7) is 6.17. The zero-order chi connectivity index (χ0) is 24.3. The second-order valence-electron chi connectivity index (χ2n) is 8.53. The van der Waals surface area contributed by atoms with Crippen molar-refractivity contribution in [1.82, 2.24) is 0 Å². The SMILES string of the molecule is CC=C1C=C(C(=O)Oc2ccc(CCCC)cc2)C=CC1C(=O)Oc1ccc(CCCC)cc1. The summed E-state index contributed by atoms with van der Waals surface area (Å²) in [5.41, 5.74) is 3.56. The topological polar surface area (TPSA) is 52.6 Å². The van der Waals surface area contributed by atoms with Crippen molar-refractivity contribution in [1.29, 1.82) is 0 Å². The number of allylic oxidation sites excluding steroid dienone is 2. The molecule has 0 saturated carbocycles.